The Labute approximate surface area is 220 Å². The number of carbonyl (C=O) groups is 1. The van der Waals surface area contributed by atoms with E-state index in [0.717, 1.165) is 35.3 Å². The Balaban J connectivity index is 0.000000583. The van der Waals surface area contributed by atoms with Crippen LogP contribution in [0.15, 0.2) is 42.3 Å². The van der Waals surface area contributed by atoms with Gasteiger partial charge in [0.15, 0.2) is 0 Å². The summed E-state index contributed by atoms with van der Waals surface area (Å²) in [5.41, 5.74) is 8.82. The molecule has 0 unspecified atom stereocenters. The maximum Gasteiger partial charge on any atom is 0.310 e. The molecule has 0 fully saturated rings. The monoisotopic (exact) mass is 506 g/mol. The molecule has 0 atom stereocenters. The fourth-order valence-electron chi connectivity index (χ4n) is 4.37. The number of anilines is 1. The number of rotatable bonds is 5. The number of aromatic nitrogens is 1. The predicted molar refractivity (Wildman–Crippen MR) is 154 cm³/mol. The molecule has 1 aliphatic heterocycles. The largest absolute Gasteiger partial charge is 0.469 e. The summed E-state index contributed by atoms with van der Waals surface area (Å²) < 4.78 is 9.74. The average Bonchev–Trinajstić information content (AvgIpc) is 3.15. The molecule has 1 aromatic heterocycles. The van der Waals surface area contributed by atoms with Crippen LogP contribution in [0.25, 0.3) is 22.0 Å². The van der Waals surface area contributed by atoms with Crippen molar-refractivity contribution in [2.75, 3.05) is 18.0 Å². The summed E-state index contributed by atoms with van der Waals surface area (Å²) >= 11 is 1.62. The third-order valence-electron chi connectivity index (χ3n) is 5.77. The van der Waals surface area contributed by atoms with Gasteiger partial charge in [-0.25, -0.2) is 0 Å². The number of esters is 1. The van der Waals surface area contributed by atoms with Gasteiger partial charge in [-0.2, -0.15) is 0 Å². The predicted octanol–water partition coefficient (Wildman–Crippen LogP) is 6.59. The van der Waals surface area contributed by atoms with Gasteiger partial charge in [0.25, 0.3) is 0 Å². The lowest BCUT2D eigenvalue weighted by molar-refractivity contribution is -0.139. The average molecular weight is 507 g/mol. The van der Waals surface area contributed by atoms with Gasteiger partial charge in [-0.15, -0.1) is 12.8 Å². The molecule has 0 bridgehead atoms. The normalized spacial score (nSPS) is 12.2. The molecule has 6 heteroatoms. The molecule has 2 heterocycles. The summed E-state index contributed by atoms with van der Waals surface area (Å²) in [4.78, 5) is 12.3. The number of terminal acetylenes is 1. The van der Waals surface area contributed by atoms with E-state index in [1.807, 2.05) is 5.41 Å². The van der Waals surface area contributed by atoms with Gasteiger partial charge in [0.1, 0.15) is 0 Å². The Bertz CT molecular complexity index is 1240. The quantitative estimate of drug-likeness (QED) is 0.240. The molecule has 0 amide bonds. The highest BCUT2D eigenvalue weighted by Gasteiger charge is 2.29. The summed E-state index contributed by atoms with van der Waals surface area (Å²) in [6, 6.07) is 10.8. The van der Waals surface area contributed by atoms with E-state index in [0.29, 0.717) is 0 Å². The van der Waals surface area contributed by atoms with Crippen LogP contribution in [-0.2, 0) is 22.5 Å². The maximum absolute atomic E-state index is 12.3. The van der Waals surface area contributed by atoms with Crippen LogP contribution in [0, 0.1) is 33.6 Å². The van der Waals surface area contributed by atoms with Crippen LogP contribution in [0.3, 0.4) is 0 Å². The fourth-order valence-corrected chi connectivity index (χ4v) is 5.07. The lowest BCUT2D eigenvalue weighted by Crippen LogP contribution is -2.27. The second kappa shape index (κ2) is 12.2. The van der Waals surface area contributed by atoms with Gasteiger partial charge < -0.3 is 18.7 Å². The Kier molecular flexibility index (Phi) is 9.86. The number of nitrogens with zero attached hydrogens (tertiary/aromatic N) is 2. The number of aryl methyl sites for hydroxylation is 2. The van der Waals surface area contributed by atoms with Crippen molar-refractivity contribution in [1.29, 1.82) is 0 Å². The van der Waals surface area contributed by atoms with Crippen LogP contribution in [0.1, 0.15) is 43.2 Å². The Morgan fingerprint density at radius 1 is 1.17 bits per heavy atom. The van der Waals surface area contributed by atoms with E-state index in [-0.39, 0.29) is 12.4 Å². The zero-order chi connectivity index (χ0) is 27.2. The van der Waals surface area contributed by atoms with Gasteiger partial charge in [0.2, 0.25) is 0 Å². The highest BCUT2D eigenvalue weighted by molar-refractivity contribution is 8.03. The summed E-state index contributed by atoms with van der Waals surface area (Å²) in [5.74, 6) is -0.220. The first-order chi connectivity index (χ1) is 17.0. The number of carbonyl (C=O) groups excluding carboxylic acids is 1. The van der Waals surface area contributed by atoms with Crippen LogP contribution >= 0.6 is 11.9 Å². The zero-order valence-electron chi connectivity index (χ0n) is 22.5. The highest BCUT2D eigenvalue weighted by atomic mass is 32.2. The van der Waals surface area contributed by atoms with E-state index >= 15 is 0 Å². The first kappa shape index (κ1) is 29.1. The number of ether oxygens (including phenoxy) is 1. The lowest BCUT2D eigenvalue weighted by Gasteiger charge is -2.32. The van der Waals surface area contributed by atoms with E-state index in [4.69, 9.17) is 9.84 Å². The molecule has 0 saturated carbocycles. The standard InChI is InChI=1S/C24H26N2O2S.C4H10O.C2H2/c1-6-29-26-12-11-25-16(3)13-20-22(18-9-7-15(2)8-10-18)19(14-21(27)28-5)17(4)23(26)24(20)25;1-4(2,3)5;1-2/h6-10,13H,1,11-12,14H2,2-5H3;5H,1-3H3;1-2H. The molecule has 2 aromatic carbocycles. The maximum atomic E-state index is 12.3. The fraction of sp³-hybridized carbons (Fsp3) is 0.367. The van der Waals surface area contributed by atoms with Crippen molar-refractivity contribution in [3.05, 3.63) is 64.7 Å². The number of hydrogen-bond acceptors (Lipinski definition) is 5. The minimum atomic E-state index is -0.500. The van der Waals surface area contributed by atoms with Crippen molar-refractivity contribution >= 4 is 34.5 Å². The molecular weight excluding hydrogens is 468 g/mol. The van der Waals surface area contributed by atoms with Gasteiger partial charge in [-0.3, -0.25) is 4.79 Å². The Hall–Kier alpha value is -3.14. The van der Waals surface area contributed by atoms with E-state index in [1.165, 1.54) is 35.0 Å². The lowest BCUT2D eigenvalue weighted by atomic mass is 9.89. The first-order valence-corrected chi connectivity index (χ1v) is 12.7. The molecule has 0 aliphatic carbocycles. The summed E-state index contributed by atoms with van der Waals surface area (Å²) in [6.45, 7) is 17.3. The van der Waals surface area contributed by atoms with Crippen LogP contribution in [-0.4, -0.2) is 34.9 Å². The number of benzene rings is 2. The second-order valence-corrected chi connectivity index (χ2v) is 10.7. The number of methoxy groups -OCH3 is 1. The van der Waals surface area contributed by atoms with Crippen molar-refractivity contribution in [3.63, 3.8) is 0 Å². The second-order valence-electron chi connectivity index (χ2n) is 9.69. The van der Waals surface area contributed by atoms with E-state index < -0.39 is 5.60 Å². The van der Waals surface area contributed by atoms with Gasteiger partial charge in [0, 0.05) is 24.2 Å². The van der Waals surface area contributed by atoms with Crippen molar-refractivity contribution in [2.45, 2.75) is 60.1 Å². The van der Waals surface area contributed by atoms with Crippen LogP contribution in [0.5, 0.6) is 0 Å². The summed E-state index contributed by atoms with van der Waals surface area (Å²) in [6.07, 6.45) is 8.26. The third kappa shape index (κ3) is 6.54. The summed E-state index contributed by atoms with van der Waals surface area (Å²) in [7, 11) is 1.45. The summed E-state index contributed by atoms with van der Waals surface area (Å²) in [5, 5.41) is 11.6. The molecule has 1 N–H and O–H groups in total. The van der Waals surface area contributed by atoms with E-state index in [2.05, 4.69) is 79.4 Å². The minimum Gasteiger partial charge on any atom is -0.469 e. The third-order valence-corrected chi connectivity index (χ3v) is 6.54. The van der Waals surface area contributed by atoms with Gasteiger partial charge in [0.05, 0.1) is 30.3 Å². The van der Waals surface area contributed by atoms with Gasteiger partial charge in [-0.1, -0.05) is 36.4 Å². The van der Waals surface area contributed by atoms with Crippen LogP contribution in [0.2, 0.25) is 0 Å². The molecule has 0 saturated heterocycles. The van der Waals surface area contributed by atoms with Crippen LogP contribution < -0.4 is 4.31 Å². The Morgan fingerprint density at radius 3 is 2.28 bits per heavy atom. The molecule has 36 heavy (non-hydrogen) atoms. The topological polar surface area (TPSA) is 54.7 Å². The first-order valence-electron chi connectivity index (χ1n) is 11.9. The van der Waals surface area contributed by atoms with Crippen molar-refractivity contribution in [3.8, 4) is 24.0 Å². The highest BCUT2D eigenvalue weighted by Crippen LogP contribution is 2.46. The van der Waals surface area contributed by atoms with Gasteiger partial charge in [-0.05, 0) is 87.2 Å². The molecule has 192 valence electrons. The number of aliphatic hydroxyl groups is 1. The van der Waals surface area contributed by atoms with Crippen LogP contribution in [0.4, 0.5) is 5.69 Å². The molecule has 0 spiro atoms. The minimum absolute atomic E-state index is 0.220. The molecule has 5 nitrogen and oxygen atoms in total. The van der Waals surface area contributed by atoms with E-state index in [1.54, 1.807) is 32.7 Å². The van der Waals surface area contributed by atoms with Crippen molar-refractivity contribution in [1.82, 2.24) is 4.57 Å². The smallest absolute Gasteiger partial charge is 0.310 e. The molecule has 0 radical (unpaired) electrons. The van der Waals surface area contributed by atoms with Gasteiger partial charge >= 0.3 is 5.97 Å². The van der Waals surface area contributed by atoms with Crippen molar-refractivity contribution in [2.24, 2.45) is 0 Å². The SMILES string of the molecule is C#C.C=CSN1CCn2c(C)cc3c(-c4ccc(C)cc4)c(CC(=O)OC)c(C)c1c32.CC(C)(C)O. The zero-order valence-corrected chi connectivity index (χ0v) is 23.3. The molecule has 4 rings (SSSR count). The number of hydrogen-bond donors (Lipinski definition) is 1. The Morgan fingerprint density at radius 2 is 1.75 bits per heavy atom. The molecule has 1 aliphatic rings. The van der Waals surface area contributed by atoms with E-state index in [9.17, 15) is 4.79 Å². The van der Waals surface area contributed by atoms with Crippen molar-refractivity contribution < 1.29 is 14.6 Å². The molecular formula is C30H38N2O3S. The molecule has 3 aromatic rings.